The van der Waals surface area contributed by atoms with Gasteiger partial charge >= 0.3 is 0 Å². The minimum absolute atomic E-state index is 0.360. The van der Waals surface area contributed by atoms with E-state index in [0.717, 1.165) is 29.0 Å². The van der Waals surface area contributed by atoms with Crippen molar-refractivity contribution in [3.05, 3.63) is 23.7 Å². The summed E-state index contributed by atoms with van der Waals surface area (Å²) in [5.74, 6) is 1.62. The molecule has 0 bridgehead atoms. The van der Waals surface area contributed by atoms with Crippen molar-refractivity contribution in [2.75, 3.05) is 5.88 Å². The van der Waals surface area contributed by atoms with E-state index in [0.29, 0.717) is 11.9 Å². The molecule has 0 unspecified atom stereocenters. The Morgan fingerprint density at radius 3 is 2.81 bits per heavy atom. The maximum atomic E-state index is 5.80. The van der Waals surface area contributed by atoms with Gasteiger partial charge in [-0.3, -0.25) is 0 Å². The third kappa shape index (κ3) is 1.92. The Labute approximate surface area is 100 Å². The quantitative estimate of drug-likeness (QED) is 0.768. The van der Waals surface area contributed by atoms with Crippen molar-refractivity contribution in [1.29, 1.82) is 0 Å². The van der Waals surface area contributed by atoms with E-state index in [-0.39, 0.29) is 0 Å². The molecule has 0 saturated carbocycles. The molecule has 3 nitrogen and oxygen atoms in total. The lowest BCUT2D eigenvalue weighted by Gasteiger charge is -2.11. The van der Waals surface area contributed by atoms with Gasteiger partial charge in [-0.1, -0.05) is 0 Å². The largest absolute Gasteiger partial charge is 0.310 e. The fourth-order valence-electron chi connectivity index (χ4n) is 1.93. The molecule has 0 spiro atoms. The van der Waals surface area contributed by atoms with Crippen LogP contribution in [0.1, 0.15) is 31.3 Å². The van der Waals surface area contributed by atoms with E-state index >= 15 is 0 Å². The van der Waals surface area contributed by atoms with Gasteiger partial charge in [0.05, 0.1) is 0 Å². The molecule has 86 valence electrons. The molecule has 0 saturated heterocycles. The molecule has 2 rings (SSSR count). The van der Waals surface area contributed by atoms with Gasteiger partial charge in [0.25, 0.3) is 0 Å². The Kier molecular flexibility index (Phi) is 3.15. The van der Waals surface area contributed by atoms with Gasteiger partial charge in [0.1, 0.15) is 11.3 Å². The first kappa shape index (κ1) is 11.4. The van der Waals surface area contributed by atoms with Gasteiger partial charge in [0.15, 0.2) is 5.65 Å². The highest BCUT2D eigenvalue weighted by Gasteiger charge is 2.13. The maximum absolute atomic E-state index is 5.80. The van der Waals surface area contributed by atoms with Crippen LogP contribution in [-0.4, -0.2) is 20.4 Å². The summed E-state index contributed by atoms with van der Waals surface area (Å²) >= 11 is 5.80. The van der Waals surface area contributed by atoms with Crippen LogP contribution in [0, 0.1) is 6.92 Å². The molecular weight excluding hydrogens is 222 g/mol. The maximum Gasteiger partial charge on any atom is 0.160 e. The minimum atomic E-state index is 0.360. The van der Waals surface area contributed by atoms with E-state index in [1.807, 2.05) is 13.1 Å². The molecule has 0 aliphatic carbocycles. The van der Waals surface area contributed by atoms with E-state index in [2.05, 4.69) is 34.4 Å². The number of halogens is 1. The zero-order valence-electron chi connectivity index (χ0n) is 9.87. The van der Waals surface area contributed by atoms with Gasteiger partial charge < -0.3 is 4.57 Å². The van der Waals surface area contributed by atoms with Crippen LogP contribution < -0.4 is 0 Å². The van der Waals surface area contributed by atoms with Crippen LogP contribution in [0.2, 0.25) is 0 Å². The Morgan fingerprint density at radius 1 is 1.44 bits per heavy atom. The Morgan fingerprint density at radius 2 is 2.19 bits per heavy atom. The second kappa shape index (κ2) is 4.42. The van der Waals surface area contributed by atoms with Crippen LogP contribution in [-0.2, 0) is 6.42 Å². The number of pyridine rings is 1. The highest BCUT2D eigenvalue weighted by Crippen LogP contribution is 2.20. The standard InChI is InChI=1S/C12H16ClN3/c1-8(2)16-11(4-5-13)15-10-6-9(3)7-14-12(10)16/h6-8H,4-5H2,1-3H3. The molecule has 0 N–H and O–H groups in total. The van der Waals surface area contributed by atoms with E-state index in [1.165, 1.54) is 0 Å². The zero-order valence-corrected chi connectivity index (χ0v) is 10.6. The molecule has 0 aliphatic rings. The van der Waals surface area contributed by atoms with Crippen molar-refractivity contribution in [2.24, 2.45) is 0 Å². The van der Waals surface area contributed by atoms with Gasteiger partial charge in [0, 0.05) is 24.5 Å². The topological polar surface area (TPSA) is 30.7 Å². The third-order valence-electron chi connectivity index (χ3n) is 2.57. The molecule has 0 aliphatic heterocycles. The molecule has 0 atom stereocenters. The highest BCUT2D eigenvalue weighted by atomic mass is 35.5. The van der Waals surface area contributed by atoms with E-state index in [9.17, 15) is 0 Å². The SMILES string of the molecule is Cc1cnc2c(c1)nc(CCCl)n2C(C)C. The lowest BCUT2D eigenvalue weighted by Crippen LogP contribution is -2.07. The molecular formula is C12H16ClN3. The number of hydrogen-bond donors (Lipinski definition) is 0. The molecule has 2 aromatic heterocycles. The first-order valence-electron chi connectivity index (χ1n) is 5.53. The Balaban J connectivity index is 2.65. The number of fused-ring (bicyclic) bond motifs is 1. The first-order chi connectivity index (χ1) is 7.63. The monoisotopic (exact) mass is 237 g/mol. The number of rotatable bonds is 3. The molecule has 0 amide bonds. The summed E-state index contributed by atoms with van der Waals surface area (Å²) in [6, 6.07) is 2.43. The van der Waals surface area contributed by atoms with Gasteiger partial charge in [0.2, 0.25) is 0 Å². The number of aromatic nitrogens is 3. The molecule has 4 heteroatoms. The molecule has 16 heavy (non-hydrogen) atoms. The average Bonchev–Trinajstić information content (AvgIpc) is 2.55. The lowest BCUT2D eigenvalue weighted by molar-refractivity contribution is 0.584. The van der Waals surface area contributed by atoms with Gasteiger partial charge in [-0.15, -0.1) is 11.6 Å². The summed E-state index contributed by atoms with van der Waals surface area (Å²) in [4.78, 5) is 9.06. The number of aryl methyl sites for hydroxylation is 2. The Bertz CT molecular complexity index is 502. The van der Waals surface area contributed by atoms with Crippen molar-refractivity contribution in [3.63, 3.8) is 0 Å². The predicted molar refractivity (Wildman–Crippen MR) is 67.1 cm³/mol. The summed E-state index contributed by atoms with van der Waals surface area (Å²) in [6.45, 7) is 6.31. The molecule has 2 heterocycles. The van der Waals surface area contributed by atoms with Crippen LogP contribution in [0.4, 0.5) is 0 Å². The first-order valence-corrected chi connectivity index (χ1v) is 6.06. The normalized spacial score (nSPS) is 11.6. The third-order valence-corrected chi connectivity index (χ3v) is 2.76. The Hall–Kier alpha value is -1.09. The molecule has 0 radical (unpaired) electrons. The van der Waals surface area contributed by atoms with Crippen LogP contribution in [0.15, 0.2) is 12.3 Å². The molecule has 0 aromatic carbocycles. The van der Waals surface area contributed by atoms with Crippen molar-refractivity contribution >= 4 is 22.8 Å². The van der Waals surface area contributed by atoms with Crippen molar-refractivity contribution in [2.45, 2.75) is 33.2 Å². The van der Waals surface area contributed by atoms with Gasteiger partial charge in [-0.05, 0) is 32.4 Å². The summed E-state index contributed by atoms with van der Waals surface area (Å²) in [6.07, 6.45) is 2.67. The number of hydrogen-bond acceptors (Lipinski definition) is 2. The fourth-order valence-corrected chi connectivity index (χ4v) is 2.10. The van der Waals surface area contributed by atoms with Crippen LogP contribution in [0.25, 0.3) is 11.2 Å². The van der Waals surface area contributed by atoms with Crippen molar-refractivity contribution in [3.8, 4) is 0 Å². The molecule has 0 fully saturated rings. The smallest absolute Gasteiger partial charge is 0.160 e. The van der Waals surface area contributed by atoms with Crippen molar-refractivity contribution in [1.82, 2.24) is 14.5 Å². The second-order valence-electron chi connectivity index (χ2n) is 4.29. The number of alkyl halides is 1. The predicted octanol–water partition coefficient (Wildman–Crippen LogP) is 3.10. The average molecular weight is 238 g/mol. The van der Waals surface area contributed by atoms with Crippen LogP contribution in [0.5, 0.6) is 0 Å². The number of imidazole rings is 1. The van der Waals surface area contributed by atoms with E-state index in [1.54, 1.807) is 0 Å². The lowest BCUT2D eigenvalue weighted by atomic mass is 10.3. The van der Waals surface area contributed by atoms with Crippen molar-refractivity contribution < 1.29 is 0 Å². The van der Waals surface area contributed by atoms with Gasteiger partial charge in [-0.25, -0.2) is 9.97 Å². The highest BCUT2D eigenvalue weighted by molar-refractivity contribution is 6.17. The summed E-state index contributed by atoms with van der Waals surface area (Å²) in [5.41, 5.74) is 3.06. The van der Waals surface area contributed by atoms with Crippen LogP contribution in [0.3, 0.4) is 0 Å². The van der Waals surface area contributed by atoms with Crippen LogP contribution >= 0.6 is 11.6 Å². The zero-order chi connectivity index (χ0) is 11.7. The fraction of sp³-hybridized carbons (Fsp3) is 0.500. The molecule has 2 aromatic rings. The number of nitrogens with zero attached hydrogens (tertiary/aromatic N) is 3. The summed E-state index contributed by atoms with van der Waals surface area (Å²) in [5, 5.41) is 0. The minimum Gasteiger partial charge on any atom is -0.310 e. The summed E-state index contributed by atoms with van der Waals surface area (Å²) in [7, 11) is 0. The summed E-state index contributed by atoms with van der Waals surface area (Å²) < 4.78 is 2.16. The van der Waals surface area contributed by atoms with E-state index < -0.39 is 0 Å². The second-order valence-corrected chi connectivity index (χ2v) is 4.66. The van der Waals surface area contributed by atoms with Gasteiger partial charge in [-0.2, -0.15) is 0 Å². The van der Waals surface area contributed by atoms with E-state index in [4.69, 9.17) is 11.6 Å².